The van der Waals surface area contributed by atoms with E-state index in [2.05, 4.69) is 25.1 Å². The fraction of sp³-hybridized carbons (Fsp3) is 0.846. The summed E-state index contributed by atoms with van der Waals surface area (Å²) >= 11 is 0. The standard InChI is InChI=1S/C13H24N2/c1-4-5-10-15-13(11-14)9-7-6-8-12(13,2)3/h1,15H,5-11,14H2,2-3H3. The zero-order chi connectivity index (χ0) is 11.4. The monoisotopic (exact) mass is 208 g/mol. The van der Waals surface area contributed by atoms with Crippen LogP contribution in [-0.2, 0) is 0 Å². The number of terminal acetylenes is 1. The molecule has 1 atom stereocenters. The van der Waals surface area contributed by atoms with E-state index in [1.54, 1.807) is 0 Å². The summed E-state index contributed by atoms with van der Waals surface area (Å²) in [5.74, 6) is 2.67. The van der Waals surface area contributed by atoms with Crippen LogP contribution >= 0.6 is 0 Å². The fourth-order valence-electron chi connectivity index (χ4n) is 2.72. The van der Waals surface area contributed by atoms with E-state index in [-0.39, 0.29) is 11.0 Å². The first-order valence-electron chi connectivity index (χ1n) is 5.96. The second kappa shape index (κ2) is 5.01. The second-order valence-corrected chi connectivity index (χ2v) is 5.26. The summed E-state index contributed by atoms with van der Waals surface area (Å²) < 4.78 is 0. The van der Waals surface area contributed by atoms with Crippen LogP contribution in [0.3, 0.4) is 0 Å². The van der Waals surface area contributed by atoms with Crippen LogP contribution in [0.25, 0.3) is 0 Å². The molecule has 0 heterocycles. The minimum absolute atomic E-state index is 0.0993. The molecule has 1 saturated carbocycles. The first-order chi connectivity index (χ1) is 7.08. The average Bonchev–Trinajstić information content (AvgIpc) is 2.21. The summed E-state index contributed by atoms with van der Waals surface area (Å²) in [6.07, 6.45) is 11.1. The summed E-state index contributed by atoms with van der Waals surface area (Å²) in [6.45, 7) is 6.24. The highest BCUT2D eigenvalue weighted by Gasteiger charge is 2.44. The quantitative estimate of drug-likeness (QED) is 0.547. The molecule has 2 nitrogen and oxygen atoms in total. The van der Waals surface area contributed by atoms with Crippen LogP contribution < -0.4 is 11.1 Å². The Kier molecular flexibility index (Phi) is 4.19. The van der Waals surface area contributed by atoms with Gasteiger partial charge in [0.2, 0.25) is 0 Å². The Bertz CT molecular complexity index is 239. The molecule has 0 spiro atoms. The van der Waals surface area contributed by atoms with Crippen molar-refractivity contribution in [3.05, 3.63) is 0 Å². The number of rotatable bonds is 4. The minimum Gasteiger partial charge on any atom is -0.329 e. The third-order valence-electron chi connectivity index (χ3n) is 4.03. The summed E-state index contributed by atoms with van der Waals surface area (Å²) in [5, 5.41) is 3.61. The summed E-state index contributed by atoms with van der Waals surface area (Å²) in [4.78, 5) is 0. The van der Waals surface area contributed by atoms with E-state index >= 15 is 0 Å². The maximum atomic E-state index is 5.98. The van der Waals surface area contributed by atoms with Crippen LogP contribution in [0.2, 0.25) is 0 Å². The van der Waals surface area contributed by atoms with Crippen molar-refractivity contribution >= 4 is 0 Å². The van der Waals surface area contributed by atoms with E-state index in [4.69, 9.17) is 12.2 Å². The van der Waals surface area contributed by atoms with E-state index in [1.165, 1.54) is 25.7 Å². The molecule has 1 fully saturated rings. The topological polar surface area (TPSA) is 38.0 Å². The van der Waals surface area contributed by atoms with Crippen LogP contribution in [0, 0.1) is 17.8 Å². The molecule has 1 aliphatic carbocycles. The highest BCUT2D eigenvalue weighted by Crippen LogP contribution is 2.43. The molecule has 0 aromatic rings. The predicted octanol–water partition coefficient (Wildman–Crippen LogP) is 1.90. The number of hydrogen-bond donors (Lipinski definition) is 2. The van der Waals surface area contributed by atoms with E-state index in [0.717, 1.165) is 13.0 Å². The van der Waals surface area contributed by atoms with Gasteiger partial charge >= 0.3 is 0 Å². The maximum Gasteiger partial charge on any atom is 0.0355 e. The van der Waals surface area contributed by atoms with Gasteiger partial charge in [-0.1, -0.05) is 26.7 Å². The smallest absolute Gasteiger partial charge is 0.0355 e. The van der Waals surface area contributed by atoms with Crippen molar-refractivity contribution in [3.63, 3.8) is 0 Å². The van der Waals surface area contributed by atoms with Crippen molar-refractivity contribution in [2.75, 3.05) is 13.1 Å². The van der Waals surface area contributed by atoms with Gasteiger partial charge in [-0.15, -0.1) is 12.3 Å². The number of hydrogen-bond acceptors (Lipinski definition) is 2. The molecule has 0 bridgehead atoms. The Morgan fingerprint density at radius 2 is 2.00 bits per heavy atom. The lowest BCUT2D eigenvalue weighted by molar-refractivity contribution is 0.0700. The Balaban J connectivity index is 2.68. The number of nitrogens with two attached hydrogens (primary N) is 1. The summed E-state index contributed by atoms with van der Waals surface area (Å²) in [5.41, 5.74) is 6.37. The van der Waals surface area contributed by atoms with Crippen LogP contribution in [0.15, 0.2) is 0 Å². The van der Waals surface area contributed by atoms with Gasteiger partial charge < -0.3 is 11.1 Å². The Morgan fingerprint density at radius 3 is 2.53 bits per heavy atom. The molecule has 0 aliphatic heterocycles. The average molecular weight is 208 g/mol. The molecule has 86 valence electrons. The van der Waals surface area contributed by atoms with Crippen LogP contribution in [-0.4, -0.2) is 18.6 Å². The van der Waals surface area contributed by atoms with Crippen molar-refractivity contribution < 1.29 is 0 Å². The minimum atomic E-state index is 0.0993. The van der Waals surface area contributed by atoms with Crippen molar-refractivity contribution in [1.29, 1.82) is 0 Å². The molecule has 2 heteroatoms. The van der Waals surface area contributed by atoms with E-state index < -0.39 is 0 Å². The molecule has 0 aromatic heterocycles. The zero-order valence-electron chi connectivity index (χ0n) is 10.1. The van der Waals surface area contributed by atoms with Crippen molar-refractivity contribution in [1.82, 2.24) is 5.32 Å². The van der Waals surface area contributed by atoms with Crippen LogP contribution in [0.1, 0.15) is 46.0 Å². The molecule has 15 heavy (non-hydrogen) atoms. The molecule has 1 unspecified atom stereocenters. The van der Waals surface area contributed by atoms with Gasteiger partial charge in [-0.3, -0.25) is 0 Å². The third kappa shape index (κ3) is 2.53. The molecular formula is C13H24N2. The molecule has 0 saturated heterocycles. The van der Waals surface area contributed by atoms with Gasteiger partial charge in [0, 0.05) is 25.0 Å². The zero-order valence-corrected chi connectivity index (χ0v) is 10.1. The normalized spacial score (nSPS) is 29.7. The third-order valence-corrected chi connectivity index (χ3v) is 4.03. The molecule has 0 radical (unpaired) electrons. The first-order valence-corrected chi connectivity index (χ1v) is 5.96. The molecular weight excluding hydrogens is 184 g/mol. The van der Waals surface area contributed by atoms with Crippen molar-refractivity contribution in [3.8, 4) is 12.3 Å². The van der Waals surface area contributed by atoms with E-state index in [1.807, 2.05) is 0 Å². The van der Waals surface area contributed by atoms with Gasteiger partial charge in [0.25, 0.3) is 0 Å². The molecule has 1 aliphatic rings. The lowest BCUT2D eigenvalue weighted by atomic mass is 9.63. The fourth-order valence-corrected chi connectivity index (χ4v) is 2.72. The Labute approximate surface area is 94.0 Å². The molecule has 1 rings (SSSR count). The van der Waals surface area contributed by atoms with Gasteiger partial charge in [0.15, 0.2) is 0 Å². The van der Waals surface area contributed by atoms with Crippen LogP contribution in [0.5, 0.6) is 0 Å². The lowest BCUT2D eigenvalue weighted by Crippen LogP contribution is -2.62. The van der Waals surface area contributed by atoms with E-state index in [0.29, 0.717) is 6.54 Å². The van der Waals surface area contributed by atoms with Crippen molar-refractivity contribution in [2.45, 2.75) is 51.5 Å². The van der Waals surface area contributed by atoms with Gasteiger partial charge in [0.05, 0.1) is 0 Å². The Morgan fingerprint density at radius 1 is 1.33 bits per heavy atom. The highest BCUT2D eigenvalue weighted by atomic mass is 15.0. The van der Waals surface area contributed by atoms with Gasteiger partial charge in [0.1, 0.15) is 0 Å². The largest absolute Gasteiger partial charge is 0.329 e. The lowest BCUT2D eigenvalue weighted by Gasteiger charge is -2.50. The summed E-state index contributed by atoms with van der Waals surface area (Å²) in [6, 6.07) is 0. The van der Waals surface area contributed by atoms with E-state index in [9.17, 15) is 0 Å². The summed E-state index contributed by atoms with van der Waals surface area (Å²) in [7, 11) is 0. The Hall–Kier alpha value is -0.520. The highest BCUT2D eigenvalue weighted by molar-refractivity contribution is 5.04. The molecule has 0 aromatic carbocycles. The molecule has 3 N–H and O–H groups in total. The number of nitrogens with one attached hydrogen (secondary N) is 1. The van der Waals surface area contributed by atoms with Crippen molar-refractivity contribution in [2.24, 2.45) is 11.1 Å². The SMILES string of the molecule is C#CCCNC1(CN)CCCCC1(C)C. The second-order valence-electron chi connectivity index (χ2n) is 5.26. The van der Waals surface area contributed by atoms with Gasteiger partial charge in [-0.2, -0.15) is 0 Å². The first kappa shape index (κ1) is 12.5. The predicted molar refractivity (Wildman–Crippen MR) is 65.5 cm³/mol. The molecule has 0 amide bonds. The van der Waals surface area contributed by atoms with Gasteiger partial charge in [-0.25, -0.2) is 0 Å². The maximum absolute atomic E-state index is 5.98. The van der Waals surface area contributed by atoms with Crippen LogP contribution in [0.4, 0.5) is 0 Å². The van der Waals surface area contributed by atoms with Gasteiger partial charge in [-0.05, 0) is 18.3 Å².